The first-order chi connectivity index (χ1) is 9.29. The van der Waals surface area contributed by atoms with Crippen molar-refractivity contribution in [3.8, 4) is 0 Å². The number of nitrogens with zero attached hydrogens (tertiary/aromatic N) is 4. The van der Waals surface area contributed by atoms with Gasteiger partial charge in [-0.1, -0.05) is 20.8 Å². The molecule has 1 aliphatic rings. The van der Waals surface area contributed by atoms with Gasteiger partial charge in [0.1, 0.15) is 6.17 Å². The molecule has 112 valence electrons. The Kier molecular flexibility index (Phi) is 4.28. The van der Waals surface area contributed by atoms with Gasteiger partial charge in [-0.15, -0.1) is 5.10 Å². The zero-order valence-corrected chi connectivity index (χ0v) is 13.1. The fourth-order valence-corrected chi connectivity index (χ4v) is 2.58. The number of aromatic nitrogens is 2. The highest BCUT2D eigenvalue weighted by molar-refractivity contribution is 5.39. The second-order valence-electron chi connectivity index (χ2n) is 6.81. The van der Waals surface area contributed by atoms with Crippen LogP contribution in [-0.4, -0.2) is 54.5 Å². The molecule has 1 fully saturated rings. The number of anilines is 1. The Balaban J connectivity index is 2.07. The fraction of sp³-hybridized carbons (Fsp3) is 0.733. The third-order valence-electron chi connectivity index (χ3n) is 3.91. The van der Waals surface area contributed by atoms with Gasteiger partial charge in [0.2, 0.25) is 0 Å². The molecule has 0 spiro atoms. The van der Waals surface area contributed by atoms with Gasteiger partial charge < -0.3 is 9.80 Å². The molecule has 0 aromatic carbocycles. The van der Waals surface area contributed by atoms with Crippen LogP contribution in [0.4, 0.5) is 10.2 Å². The van der Waals surface area contributed by atoms with Gasteiger partial charge in [0.25, 0.3) is 0 Å². The third-order valence-corrected chi connectivity index (χ3v) is 3.91. The lowest BCUT2D eigenvalue weighted by Crippen LogP contribution is -2.50. The highest BCUT2D eigenvalue weighted by Gasteiger charge is 2.31. The average Bonchev–Trinajstić information content (AvgIpc) is 2.37. The molecule has 5 heteroatoms. The molecule has 1 aromatic rings. The van der Waals surface area contributed by atoms with Crippen molar-refractivity contribution in [2.75, 3.05) is 32.1 Å². The first kappa shape index (κ1) is 15.2. The van der Waals surface area contributed by atoms with Crippen LogP contribution in [0, 0.1) is 0 Å². The van der Waals surface area contributed by atoms with Gasteiger partial charge in [0.15, 0.2) is 5.82 Å². The van der Waals surface area contributed by atoms with Gasteiger partial charge >= 0.3 is 0 Å². The van der Waals surface area contributed by atoms with Gasteiger partial charge in [-0.05, 0) is 32.6 Å². The summed E-state index contributed by atoms with van der Waals surface area (Å²) < 4.78 is 14.2. The van der Waals surface area contributed by atoms with Crippen LogP contribution in [0.2, 0.25) is 0 Å². The Hall–Kier alpha value is -1.23. The second kappa shape index (κ2) is 5.64. The summed E-state index contributed by atoms with van der Waals surface area (Å²) in [6.45, 7) is 7.55. The van der Waals surface area contributed by atoms with Crippen LogP contribution in [0.3, 0.4) is 0 Å². The van der Waals surface area contributed by atoms with Crippen molar-refractivity contribution in [2.24, 2.45) is 0 Å². The summed E-state index contributed by atoms with van der Waals surface area (Å²) in [4.78, 5) is 3.96. The van der Waals surface area contributed by atoms with Crippen molar-refractivity contribution in [3.63, 3.8) is 0 Å². The maximum absolute atomic E-state index is 14.2. The molecule has 0 aliphatic carbocycles. The minimum Gasteiger partial charge on any atom is -0.352 e. The van der Waals surface area contributed by atoms with Crippen LogP contribution < -0.4 is 4.90 Å². The van der Waals surface area contributed by atoms with E-state index >= 15 is 0 Å². The van der Waals surface area contributed by atoms with E-state index in [1.807, 2.05) is 36.0 Å². The largest absolute Gasteiger partial charge is 0.352 e. The molecule has 0 bridgehead atoms. The van der Waals surface area contributed by atoms with Crippen molar-refractivity contribution >= 4 is 5.82 Å². The fourth-order valence-electron chi connectivity index (χ4n) is 2.58. The predicted molar refractivity (Wildman–Crippen MR) is 79.9 cm³/mol. The van der Waals surface area contributed by atoms with Gasteiger partial charge in [-0.25, -0.2) is 4.39 Å². The molecule has 2 heterocycles. The van der Waals surface area contributed by atoms with Crippen molar-refractivity contribution in [3.05, 3.63) is 17.8 Å². The Bertz CT molecular complexity index is 438. The number of piperidine rings is 1. The molecular formula is C15H25FN4. The molecule has 20 heavy (non-hydrogen) atoms. The SMILES string of the molecule is CN(C)[C@@H]1CCN(c2ccc(C(C)(C)C)nn2)C[C@@H]1F. The number of hydrogen-bond acceptors (Lipinski definition) is 4. The maximum atomic E-state index is 14.2. The zero-order chi connectivity index (χ0) is 14.9. The molecule has 0 radical (unpaired) electrons. The molecule has 1 saturated heterocycles. The number of halogens is 1. The normalized spacial score (nSPS) is 24.2. The van der Waals surface area contributed by atoms with Crippen LogP contribution in [0.15, 0.2) is 12.1 Å². The monoisotopic (exact) mass is 280 g/mol. The topological polar surface area (TPSA) is 32.3 Å². The average molecular weight is 280 g/mol. The third kappa shape index (κ3) is 3.26. The van der Waals surface area contributed by atoms with Crippen LogP contribution in [-0.2, 0) is 5.41 Å². The van der Waals surface area contributed by atoms with E-state index in [0.29, 0.717) is 6.54 Å². The van der Waals surface area contributed by atoms with Crippen LogP contribution in [0.5, 0.6) is 0 Å². The molecule has 2 rings (SSSR count). The summed E-state index contributed by atoms with van der Waals surface area (Å²) in [5, 5.41) is 8.55. The number of hydrogen-bond donors (Lipinski definition) is 0. The van der Waals surface area contributed by atoms with Crippen molar-refractivity contribution in [1.29, 1.82) is 0 Å². The molecule has 0 amide bonds. The first-order valence-electron chi connectivity index (χ1n) is 7.18. The lowest BCUT2D eigenvalue weighted by Gasteiger charge is -2.38. The minimum atomic E-state index is -0.845. The molecule has 2 atom stereocenters. The van der Waals surface area contributed by atoms with Gasteiger partial charge in [-0.2, -0.15) is 5.10 Å². The standard InChI is InChI=1S/C15H25FN4/c1-15(2,3)13-6-7-14(18-17-13)20-9-8-12(19(4)5)11(16)10-20/h6-7,11-12H,8-10H2,1-5H3/t11-,12+/m0/s1. The van der Waals surface area contributed by atoms with E-state index < -0.39 is 6.17 Å². The Labute approximate surface area is 121 Å². The molecule has 0 N–H and O–H groups in total. The molecule has 0 unspecified atom stereocenters. The van der Waals surface area contributed by atoms with Gasteiger partial charge in [0.05, 0.1) is 12.2 Å². The zero-order valence-electron chi connectivity index (χ0n) is 13.1. The summed E-state index contributed by atoms with van der Waals surface area (Å²) >= 11 is 0. The van der Waals surface area contributed by atoms with E-state index in [1.165, 1.54) is 0 Å². The van der Waals surface area contributed by atoms with E-state index in [-0.39, 0.29) is 11.5 Å². The molecule has 1 aliphatic heterocycles. The Morgan fingerprint density at radius 3 is 2.40 bits per heavy atom. The van der Waals surface area contributed by atoms with Crippen molar-refractivity contribution in [1.82, 2.24) is 15.1 Å². The summed E-state index contributed by atoms with van der Waals surface area (Å²) in [6, 6.07) is 3.96. The maximum Gasteiger partial charge on any atom is 0.151 e. The van der Waals surface area contributed by atoms with Crippen molar-refractivity contribution < 1.29 is 4.39 Å². The molecule has 0 saturated carbocycles. The number of alkyl halides is 1. The highest BCUT2D eigenvalue weighted by Crippen LogP contribution is 2.24. The highest BCUT2D eigenvalue weighted by atomic mass is 19.1. The Morgan fingerprint density at radius 2 is 1.95 bits per heavy atom. The van der Waals surface area contributed by atoms with E-state index in [0.717, 1.165) is 24.5 Å². The molecule has 4 nitrogen and oxygen atoms in total. The van der Waals surface area contributed by atoms with E-state index in [2.05, 4.69) is 31.0 Å². The van der Waals surface area contributed by atoms with E-state index in [9.17, 15) is 4.39 Å². The lowest BCUT2D eigenvalue weighted by molar-refractivity contribution is 0.136. The van der Waals surface area contributed by atoms with Gasteiger partial charge in [-0.3, -0.25) is 0 Å². The predicted octanol–water partition coefficient (Wildman–Crippen LogP) is 2.25. The van der Waals surface area contributed by atoms with Crippen LogP contribution in [0.1, 0.15) is 32.9 Å². The molecule has 1 aromatic heterocycles. The summed E-state index contributed by atoms with van der Waals surface area (Å²) in [5.74, 6) is 0.776. The van der Waals surface area contributed by atoms with Crippen LogP contribution in [0.25, 0.3) is 0 Å². The van der Waals surface area contributed by atoms with Crippen LogP contribution >= 0.6 is 0 Å². The molecular weight excluding hydrogens is 255 g/mol. The van der Waals surface area contributed by atoms with Crippen molar-refractivity contribution in [2.45, 2.75) is 44.8 Å². The number of rotatable bonds is 2. The summed E-state index contributed by atoms with van der Waals surface area (Å²) in [5.41, 5.74) is 0.952. The second-order valence-corrected chi connectivity index (χ2v) is 6.81. The quantitative estimate of drug-likeness (QED) is 0.832. The first-order valence-corrected chi connectivity index (χ1v) is 7.18. The van der Waals surface area contributed by atoms with E-state index in [4.69, 9.17) is 0 Å². The Morgan fingerprint density at radius 1 is 1.25 bits per heavy atom. The smallest absolute Gasteiger partial charge is 0.151 e. The summed E-state index contributed by atoms with van der Waals surface area (Å²) in [6.07, 6.45) is -0.0283. The van der Waals surface area contributed by atoms with E-state index in [1.54, 1.807) is 0 Å². The van der Waals surface area contributed by atoms with Gasteiger partial charge in [0, 0.05) is 18.0 Å². The minimum absolute atomic E-state index is 0.00746. The lowest BCUT2D eigenvalue weighted by atomic mass is 9.92. The summed E-state index contributed by atoms with van der Waals surface area (Å²) in [7, 11) is 3.87.